The molecule has 0 aliphatic rings. The molecule has 0 fully saturated rings. The molecule has 64 heavy (non-hydrogen) atoms. The number of carbonyl (C=O) groups excluding carboxylic acids is 2. The Balaban J connectivity index is 4.40. The van der Waals surface area contributed by atoms with E-state index in [0.717, 1.165) is 135 Å². The summed E-state index contributed by atoms with van der Waals surface area (Å²) in [5.74, 6) is -0.496. The van der Waals surface area contributed by atoms with E-state index in [9.17, 15) is 9.59 Å². The molecule has 0 aliphatic heterocycles. The van der Waals surface area contributed by atoms with Crippen molar-refractivity contribution >= 4 is 11.9 Å². The minimum Gasteiger partial charge on any atom is -0.462 e. The summed E-state index contributed by atoms with van der Waals surface area (Å²) in [6.45, 7) is 7.36. The van der Waals surface area contributed by atoms with Gasteiger partial charge in [0.15, 0.2) is 6.10 Å². The van der Waals surface area contributed by atoms with E-state index in [1.165, 1.54) is 32.1 Å². The van der Waals surface area contributed by atoms with Gasteiger partial charge in [-0.15, -0.1) is 0 Å². The lowest BCUT2D eigenvalue weighted by atomic mass is 10.1. The Morgan fingerprint density at radius 3 is 1.08 bits per heavy atom. The summed E-state index contributed by atoms with van der Waals surface area (Å²) < 4.78 is 17.3. The van der Waals surface area contributed by atoms with Crippen LogP contribution in [0.3, 0.4) is 0 Å². The molecule has 0 N–H and O–H groups in total. The summed E-state index contributed by atoms with van der Waals surface area (Å²) in [5, 5.41) is 0. The fraction of sp³-hybridized carbons (Fsp3) is 0.593. The fourth-order valence-corrected chi connectivity index (χ4v) is 6.45. The number of ether oxygens (including phenoxy) is 3. The maximum Gasteiger partial charge on any atom is 0.306 e. The molecule has 5 heteroatoms. The molecule has 1 unspecified atom stereocenters. The highest BCUT2D eigenvalue weighted by molar-refractivity contribution is 5.70. The molecule has 0 spiro atoms. The summed E-state index contributed by atoms with van der Waals surface area (Å²) >= 11 is 0. The molecule has 0 aromatic carbocycles. The van der Waals surface area contributed by atoms with Gasteiger partial charge in [0.05, 0.1) is 6.61 Å². The van der Waals surface area contributed by atoms with Gasteiger partial charge in [-0.3, -0.25) is 9.59 Å². The Kier molecular flexibility index (Phi) is 50.1. The van der Waals surface area contributed by atoms with Crippen molar-refractivity contribution in [3.05, 3.63) is 134 Å². The highest BCUT2D eigenvalue weighted by Crippen LogP contribution is 2.12. The maximum atomic E-state index is 12.8. The highest BCUT2D eigenvalue weighted by atomic mass is 16.6. The van der Waals surface area contributed by atoms with Crippen molar-refractivity contribution in [3.8, 4) is 0 Å². The SMILES string of the molecule is CC/C=C\C/C=C\C/C=C\C/C=C\CCCCCCCCCOCC(COC(=O)CCCC/C=C\C/C=C\C/C=C\C/C=C\CC)OC(=O)CCCCC/C=C\C/C=C\C/C=C\CC. The smallest absolute Gasteiger partial charge is 0.306 e. The molecule has 0 amide bonds. The Morgan fingerprint density at radius 1 is 0.344 bits per heavy atom. The van der Waals surface area contributed by atoms with Gasteiger partial charge in [0.25, 0.3) is 0 Å². The standard InChI is InChI=1S/C59H94O5/c1-4-7-10-13-16-19-22-25-27-28-29-30-31-33-36-39-42-45-48-51-54-62-55-57(64-59(61)53-50-47-44-41-38-34-24-21-18-15-12-9-6-3)56-63-58(60)52-49-46-43-40-37-35-32-26-23-20-17-14-11-8-5-2/h7-12,16-21,25-27,29-30,32,34,37-38,40,57H,4-6,13-15,22-24,28,31,33,35-36,39,41-56H2,1-3H3/b10-7-,11-8-,12-9-,19-16-,20-17-,21-18-,27-25-,30-29-,32-26-,38-34-,40-37-. The van der Waals surface area contributed by atoms with E-state index in [4.69, 9.17) is 14.2 Å². The van der Waals surface area contributed by atoms with Gasteiger partial charge in [0, 0.05) is 19.4 Å². The van der Waals surface area contributed by atoms with Gasteiger partial charge >= 0.3 is 11.9 Å². The van der Waals surface area contributed by atoms with Crippen molar-refractivity contribution < 1.29 is 23.8 Å². The zero-order valence-corrected chi connectivity index (χ0v) is 41.2. The third-order valence-corrected chi connectivity index (χ3v) is 10.2. The molecule has 0 rings (SSSR count). The van der Waals surface area contributed by atoms with Crippen molar-refractivity contribution in [1.82, 2.24) is 0 Å². The fourth-order valence-electron chi connectivity index (χ4n) is 6.45. The molecule has 0 aromatic heterocycles. The van der Waals surface area contributed by atoms with Crippen LogP contribution in [0.1, 0.15) is 201 Å². The lowest BCUT2D eigenvalue weighted by Gasteiger charge is -2.18. The van der Waals surface area contributed by atoms with Crippen LogP contribution in [0.15, 0.2) is 134 Å². The van der Waals surface area contributed by atoms with Gasteiger partial charge in [0.2, 0.25) is 0 Å². The van der Waals surface area contributed by atoms with Crippen molar-refractivity contribution in [2.75, 3.05) is 19.8 Å². The highest BCUT2D eigenvalue weighted by Gasteiger charge is 2.17. The Hall–Kier alpha value is -3.96. The van der Waals surface area contributed by atoms with Crippen molar-refractivity contribution in [2.24, 2.45) is 0 Å². The number of unbranched alkanes of at least 4 members (excludes halogenated alkanes) is 12. The lowest BCUT2D eigenvalue weighted by molar-refractivity contribution is -0.163. The third kappa shape index (κ3) is 50.7. The minimum absolute atomic E-state index is 0.0382. The van der Waals surface area contributed by atoms with E-state index in [-0.39, 0.29) is 25.2 Å². The Labute approximate surface area is 394 Å². The van der Waals surface area contributed by atoms with Gasteiger partial charge in [-0.25, -0.2) is 0 Å². The molecule has 0 aliphatic carbocycles. The molecular formula is C59H94O5. The first-order valence-corrected chi connectivity index (χ1v) is 25.7. The number of hydrogen-bond acceptors (Lipinski definition) is 5. The Morgan fingerprint density at radius 2 is 0.656 bits per heavy atom. The van der Waals surface area contributed by atoms with Crippen LogP contribution in [0, 0.1) is 0 Å². The van der Waals surface area contributed by atoms with E-state index in [0.29, 0.717) is 19.4 Å². The molecule has 0 radical (unpaired) electrons. The first-order valence-electron chi connectivity index (χ1n) is 25.7. The summed E-state index contributed by atoms with van der Waals surface area (Å²) in [6, 6.07) is 0. The molecule has 5 nitrogen and oxygen atoms in total. The molecule has 0 saturated carbocycles. The molecular weight excluding hydrogens is 789 g/mol. The third-order valence-electron chi connectivity index (χ3n) is 10.2. The van der Waals surface area contributed by atoms with Gasteiger partial charge < -0.3 is 14.2 Å². The number of hydrogen-bond donors (Lipinski definition) is 0. The zero-order chi connectivity index (χ0) is 46.3. The Bertz CT molecular complexity index is 1370. The quantitative estimate of drug-likeness (QED) is 0.0346. The van der Waals surface area contributed by atoms with Crippen molar-refractivity contribution in [1.29, 1.82) is 0 Å². The van der Waals surface area contributed by atoms with Crippen LogP contribution in [0.4, 0.5) is 0 Å². The lowest BCUT2D eigenvalue weighted by Crippen LogP contribution is -2.30. The molecule has 0 heterocycles. The second-order valence-corrected chi connectivity index (χ2v) is 16.3. The van der Waals surface area contributed by atoms with Gasteiger partial charge in [0.1, 0.15) is 6.61 Å². The van der Waals surface area contributed by atoms with Crippen LogP contribution in [-0.4, -0.2) is 37.9 Å². The van der Waals surface area contributed by atoms with E-state index in [2.05, 4.69) is 154 Å². The van der Waals surface area contributed by atoms with Gasteiger partial charge in [-0.2, -0.15) is 0 Å². The molecule has 1 atom stereocenters. The molecule has 0 saturated heterocycles. The van der Waals surface area contributed by atoms with E-state index in [1.807, 2.05) is 0 Å². The number of allylic oxidation sites excluding steroid dienone is 22. The summed E-state index contributed by atoms with van der Waals surface area (Å²) in [4.78, 5) is 25.4. The number of esters is 2. The number of carbonyl (C=O) groups is 2. The predicted octanol–water partition coefficient (Wildman–Crippen LogP) is 17.6. The van der Waals surface area contributed by atoms with Crippen LogP contribution in [0.25, 0.3) is 0 Å². The second kappa shape index (κ2) is 53.4. The predicted molar refractivity (Wildman–Crippen MR) is 278 cm³/mol. The minimum atomic E-state index is -0.584. The van der Waals surface area contributed by atoms with Crippen LogP contribution in [0.2, 0.25) is 0 Å². The zero-order valence-electron chi connectivity index (χ0n) is 41.2. The molecule has 0 bridgehead atoms. The number of rotatable bonds is 45. The first-order chi connectivity index (χ1) is 31.6. The maximum absolute atomic E-state index is 12.8. The van der Waals surface area contributed by atoms with E-state index >= 15 is 0 Å². The molecule has 0 aromatic rings. The summed E-state index contributed by atoms with van der Waals surface area (Å²) in [6.07, 6.45) is 76.1. The average molecular weight is 883 g/mol. The van der Waals surface area contributed by atoms with Crippen molar-refractivity contribution in [2.45, 2.75) is 207 Å². The van der Waals surface area contributed by atoms with E-state index in [1.54, 1.807) is 0 Å². The van der Waals surface area contributed by atoms with Crippen molar-refractivity contribution in [3.63, 3.8) is 0 Å². The molecule has 360 valence electrons. The van der Waals surface area contributed by atoms with Gasteiger partial charge in [-0.1, -0.05) is 193 Å². The normalized spacial score (nSPS) is 13.4. The average Bonchev–Trinajstić information content (AvgIpc) is 3.30. The summed E-state index contributed by atoms with van der Waals surface area (Å²) in [7, 11) is 0. The van der Waals surface area contributed by atoms with E-state index < -0.39 is 6.10 Å². The van der Waals surface area contributed by atoms with Crippen LogP contribution >= 0.6 is 0 Å². The van der Waals surface area contributed by atoms with Crippen LogP contribution in [-0.2, 0) is 23.8 Å². The topological polar surface area (TPSA) is 61.8 Å². The first kappa shape index (κ1) is 60.0. The monoisotopic (exact) mass is 883 g/mol. The largest absolute Gasteiger partial charge is 0.462 e. The second-order valence-electron chi connectivity index (χ2n) is 16.3. The van der Waals surface area contributed by atoms with Crippen LogP contribution in [0.5, 0.6) is 0 Å². The van der Waals surface area contributed by atoms with Crippen LogP contribution < -0.4 is 0 Å². The summed E-state index contributed by atoms with van der Waals surface area (Å²) in [5.41, 5.74) is 0. The van der Waals surface area contributed by atoms with Gasteiger partial charge in [-0.05, 0) is 128 Å².